The normalized spacial score (nSPS) is 20.2. The van der Waals surface area contributed by atoms with Crippen LogP contribution in [0, 0.1) is 0 Å². The van der Waals surface area contributed by atoms with E-state index in [1.807, 2.05) is 18.2 Å². The van der Waals surface area contributed by atoms with Crippen molar-refractivity contribution in [3.8, 4) is 0 Å². The minimum absolute atomic E-state index is 0.0316. The second-order valence-electron chi connectivity index (χ2n) is 5.04. The van der Waals surface area contributed by atoms with Crippen molar-refractivity contribution in [3.05, 3.63) is 40.9 Å². The fourth-order valence-corrected chi connectivity index (χ4v) is 3.19. The summed E-state index contributed by atoms with van der Waals surface area (Å²) in [6.07, 6.45) is 1.69. The molecular weight excluding hydrogens is 288 g/mol. The Balaban J connectivity index is 1.67. The number of anilines is 1. The summed E-state index contributed by atoms with van der Waals surface area (Å²) >= 11 is 1.27. The van der Waals surface area contributed by atoms with Gasteiger partial charge in [0.15, 0.2) is 0 Å². The topological polar surface area (TPSA) is 87.1 Å². The first-order valence-corrected chi connectivity index (χ1v) is 7.62. The zero-order valence-corrected chi connectivity index (χ0v) is 12.2. The molecule has 21 heavy (non-hydrogen) atoms. The summed E-state index contributed by atoms with van der Waals surface area (Å²) < 4.78 is 0. The maximum Gasteiger partial charge on any atom is 0.240 e. The molecule has 7 heteroatoms. The number of carbonyl (C=O) groups excluding carboxylic acids is 1. The van der Waals surface area contributed by atoms with Crippen molar-refractivity contribution in [3.63, 3.8) is 0 Å². The van der Waals surface area contributed by atoms with E-state index in [2.05, 4.69) is 26.9 Å². The molecule has 1 amide bonds. The van der Waals surface area contributed by atoms with Gasteiger partial charge in [0.05, 0.1) is 18.7 Å². The number of aliphatic hydroxyl groups is 1. The molecule has 1 aliphatic carbocycles. The molecule has 1 heterocycles. The smallest absolute Gasteiger partial charge is 0.240 e. The molecule has 0 saturated heterocycles. The predicted molar refractivity (Wildman–Crippen MR) is 80.1 cm³/mol. The quantitative estimate of drug-likeness (QED) is 0.764. The maximum absolute atomic E-state index is 11.9. The fraction of sp³-hybridized carbons (Fsp3) is 0.357. The number of carbonyl (C=O) groups is 1. The van der Waals surface area contributed by atoms with Crippen molar-refractivity contribution in [2.45, 2.75) is 18.4 Å². The van der Waals surface area contributed by atoms with Gasteiger partial charge >= 0.3 is 0 Å². The molecule has 1 atom stereocenters. The van der Waals surface area contributed by atoms with Crippen LogP contribution in [0.5, 0.6) is 0 Å². The van der Waals surface area contributed by atoms with Crippen LogP contribution in [0.15, 0.2) is 29.8 Å². The van der Waals surface area contributed by atoms with Crippen molar-refractivity contribution < 1.29 is 9.90 Å². The number of aromatic nitrogens is 2. The van der Waals surface area contributed by atoms with Crippen molar-refractivity contribution in [1.29, 1.82) is 0 Å². The third kappa shape index (κ3) is 2.80. The lowest BCUT2D eigenvalue weighted by atomic mass is 9.92. The molecule has 0 spiro atoms. The lowest BCUT2D eigenvalue weighted by molar-refractivity contribution is -0.115. The molecule has 2 aromatic rings. The number of hydrogen-bond donors (Lipinski definition) is 3. The van der Waals surface area contributed by atoms with Gasteiger partial charge in [-0.15, -0.1) is 10.2 Å². The molecule has 0 saturated carbocycles. The van der Waals surface area contributed by atoms with Crippen molar-refractivity contribution in [1.82, 2.24) is 15.5 Å². The van der Waals surface area contributed by atoms with E-state index in [0.717, 1.165) is 18.4 Å². The van der Waals surface area contributed by atoms with Crippen LogP contribution in [0.3, 0.4) is 0 Å². The monoisotopic (exact) mass is 304 g/mol. The highest BCUT2D eigenvalue weighted by molar-refractivity contribution is 7.13. The van der Waals surface area contributed by atoms with E-state index in [0.29, 0.717) is 5.13 Å². The Morgan fingerprint density at radius 1 is 1.43 bits per heavy atom. The molecule has 1 unspecified atom stereocenters. The number of rotatable bonds is 5. The largest absolute Gasteiger partial charge is 0.394 e. The number of aryl methyl sites for hydroxylation is 1. The number of nitrogens with one attached hydrogen (secondary N) is 2. The first kappa shape index (κ1) is 14.1. The first-order valence-electron chi connectivity index (χ1n) is 6.74. The van der Waals surface area contributed by atoms with Gasteiger partial charge in [0.25, 0.3) is 0 Å². The standard InChI is InChI=1S/C14H16N4O2S/c19-8-14(6-5-10-3-1-2-4-11(10)14)15-7-12(20)17-13-18-16-9-21-13/h1-4,9,15,19H,5-8H2,(H,17,18,20). The van der Waals surface area contributed by atoms with Gasteiger partial charge in [-0.3, -0.25) is 15.4 Å². The molecule has 0 fully saturated rings. The van der Waals surface area contributed by atoms with Crippen LogP contribution in [0.2, 0.25) is 0 Å². The van der Waals surface area contributed by atoms with E-state index >= 15 is 0 Å². The minimum Gasteiger partial charge on any atom is -0.394 e. The maximum atomic E-state index is 11.9. The summed E-state index contributed by atoms with van der Waals surface area (Å²) in [4.78, 5) is 11.9. The van der Waals surface area contributed by atoms with Gasteiger partial charge in [-0.25, -0.2) is 0 Å². The number of hydrogen-bond acceptors (Lipinski definition) is 6. The third-order valence-electron chi connectivity index (χ3n) is 3.82. The Hall–Kier alpha value is -1.83. The first-order chi connectivity index (χ1) is 10.2. The Bertz CT molecular complexity index is 632. The molecule has 1 aromatic carbocycles. The van der Waals surface area contributed by atoms with Crippen LogP contribution in [0.1, 0.15) is 17.5 Å². The van der Waals surface area contributed by atoms with Gasteiger partial charge in [-0.1, -0.05) is 35.6 Å². The van der Waals surface area contributed by atoms with E-state index < -0.39 is 5.54 Å². The molecule has 1 aliphatic rings. The summed E-state index contributed by atoms with van der Waals surface area (Å²) in [5.41, 5.74) is 3.33. The van der Waals surface area contributed by atoms with E-state index in [-0.39, 0.29) is 19.1 Å². The highest BCUT2D eigenvalue weighted by atomic mass is 32.1. The van der Waals surface area contributed by atoms with Gasteiger partial charge in [0.2, 0.25) is 11.0 Å². The summed E-state index contributed by atoms with van der Waals surface area (Å²) in [5.74, 6) is -0.191. The number of aliphatic hydroxyl groups excluding tert-OH is 1. The van der Waals surface area contributed by atoms with E-state index in [4.69, 9.17) is 0 Å². The second-order valence-corrected chi connectivity index (χ2v) is 5.88. The lowest BCUT2D eigenvalue weighted by Gasteiger charge is -2.29. The zero-order chi connectivity index (χ0) is 14.7. The molecule has 1 aromatic heterocycles. The van der Waals surface area contributed by atoms with E-state index in [1.54, 1.807) is 5.51 Å². The Kier molecular flexibility index (Phi) is 3.96. The van der Waals surface area contributed by atoms with Gasteiger partial charge in [-0.05, 0) is 24.0 Å². The van der Waals surface area contributed by atoms with Crippen LogP contribution in [-0.4, -0.2) is 34.4 Å². The van der Waals surface area contributed by atoms with Gasteiger partial charge in [-0.2, -0.15) is 0 Å². The predicted octanol–water partition coefficient (Wildman–Crippen LogP) is 0.900. The molecule has 6 nitrogen and oxygen atoms in total. The number of nitrogens with zero attached hydrogens (tertiary/aromatic N) is 2. The molecule has 3 rings (SSSR count). The van der Waals surface area contributed by atoms with Crippen molar-refractivity contribution in [2.24, 2.45) is 0 Å². The van der Waals surface area contributed by atoms with Gasteiger partial charge in [0.1, 0.15) is 5.51 Å². The fourth-order valence-electron chi connectivity index (χ4n) is 2.73. The molecule has 110 valence electrons. The summed E-state index contributed by atoms with van der Waals surface area (Å²) in [6, 6.07) is 8.02. The van der Waals surface area contributed by atoms with Crippen LogP contribution in [0.25, 0.3) is 0 Å². The Morgan fingerprint density at radius 2 is 2.29 bits per heavy atom. The molecule has 0 aliphatic heterocycles. The average molecular weight is 304 g/mol. The highest BCUT2D eigenvalue weighted by Crippen LogP contribution is 2.36. The lowest BCUT2D eigenvalue weighted by Crippen LogP contribution is -2.47. The van der Waals surface area contributed by atoms with Crippen LogP contribution >= 0.6 is 11.3 Å². The van der Waals surface area contributed by atoms with E-state index in [1.165, 1.54) is 16.9 Å². The number of amides is 1. The summed E-state index contributed by atoms with van der Waals surface area (Å²) in [7, 11) is 0. The number of fused-ring (bicyclic) bond motifs is 1. The zero-order valence-electron chi connectivity index (χ0n) is 11.4. The SMILES string of the molecule is O=C(CNC1(CO)CCc2ccccc21)Nc1nncs1. The second kappa shape index (κ2) is 5.88. The van der Waals surface area contributed by atoms with Crippen molar-refractivity contribution >= 4 is 22.4 Å². The summed E-state index contributed by atoms with van der Waals surface area (Å²) in [5, 5.41) is 23.6. The average Bonchev–Trinajstić information content (AvgIpc) is 3.13. The van der Waals surface area contributed by atoms with E-state index in [9.17, 15) is 9.90 Å². The molecule has 0 radical (unpaired) electrons. The molecule has 3 N–H and O–H groups in total. The molecule has 0 bridgehead atoms. The van der Waals surface area contributed by atoms with Crippen molar-refractivity contribution in [2.75, 3.05) is 18.5 Å². The Labute approximate surface area is 126 Å². The molecular formula is C14H16N4O2S. The van der Waals surface area contributed by atoms with Gasteiger partial charge < -0.3 is 5.11 Å². The Morgan fingerprint density at radius 3 is 3.05 bits per heavy atom. The number of benzene rings is 1. The van der Waals surface area contributed by atoms with Crippen LogP contribution < -0.4 is 10.6 Å². The van der Waals surface area contributed by atoms with Crippen LogP contribution in [-0.2, 0) is 16.8 Å². The van der Waals surface area contributed by atoms with Gasteiger partial charge in [0, 0.05) is 0 Å². The minimum atomic E-state index is -0.533. The third-order valence-corrected chi connectivity index (χ3v) is 4.42. The van der Waals surface area contributed by atoms with Crippen LogP contribution in [0.4, 0.5) is 5.13 Å². The summed E-state index contributed by atoms with van der Waals surface area (Å²) in [6.45, 7) is 0.0879. The highest BCUT2D eigenvalue weighted by Gasteiger charge is 2.37.